The Labute approximate surface area is 123 Å². The van der Waals surface area contributed by atoms with Gasteiger partial charge in [-0.15, -0.1) is 11.3 Å². The fourth-order valence-corrected chi connectivity index (χ4v) is 3.95. The van der Waals surface area contributed by atoms with Crippen LogP contribution < -0.4 is 5.32 Å². The molecule has 1 rings (SSSR count). The number of hydrogen-bond donors (Lipinski definition) is 1. The summed E-state index contributed by atoms with van der Waals surface area (Å²) in [6.07, 6.45) is 3.61. The summed E-state index contributed by atoms with van der Waals surface area (Å²) in [5.41, 5.74) is 0.329. The maximum absolute atomic E-state index is 5.07. The lowest BCUT2D eigenvalue weighted by atomic mass is 9.81. The van der Waals surface area contributed by atoms with Crippen LogP contribution in [0.1, 0.15) is 31.6 Å². The van der Waals surface area contributed by atoms with E-state index in [4.69, 9.17) is 4.74 Å². The van der Waals surface area contributed by atoms with Gasteiger partial charge in [-0.05, 0) is 45.6 Å². The third-order valence-electron chi connectivity index (χ3n) is 3.17. The molecule has 1 heterocycles. The van der Waals surface area contributed by atoms with Crippen LogP contribution >= 0.6 is 27.3 Å². The molecule has 1 unspecified atom stereocenters. The lowest BCUT2D eigenvalue weighted by Crippen LogP contribution is -2.35. The van der Waals surface area contributed by atoms with Crippen molar-refractivity contribution in [1.82, 2.24) is 5.32 Å². The Morgan fingerprint density at radius 3 is 2.83 bits per heavy atom. The van der Waals surface area contributed by atoms with Crippen LogP contribution in [0.2, 0.25) is 0 Å². The SMILES string of the molecule is CCCC(C)(CNCCOC)Cc1sccc1Br. The normalized spacial score (nSPS) is 14.7. The molecule has 0 fully saturated rings. The predicted octanol–water partition coefficient (Wildman–Crippen LogP) is 4.10. The van der Waals surface area contributed by atoms with E-state index in [0.29, 0.717) is 5.41 Å². The summed E-state index contributed by atoms with van der Waals surface area (Å²) in [7, 11) is 1.75. The number of nitrogens with one attached hydrogen (secondary N) is 1. The first-order valence-corrected chi connectivity index (χ1v) is 8.20. The third kappa shape index (κ3) is 5.39. The third-order valence-corrected chi connectivity index (χ3v) is 5.09. The molecule has 0 saturated heterocycles. The average Bonchev–Trinajstić information content (AvgIpc) is 2.71. The van der Waals surface area contributed by atoms with Crippen molar-refractivity contribution < 1.29 is 4.74 Å². The average molecular weight is 334 g/mol. The number of halogens is 1. The Balaban J connectivity index is 2.53. The quantitative estimate of drug-likeness (QED) is 0.687. The minimum atomic E-state index is 0.329. The summed E-state index contributed by atoms with van der Waals surface area (Å²) in [6, 6.07) is 2.14. The standard InChI is InChI=1S/C14H24BrNOS/c1-4-6-14(2,11-16-7-8-17-3)10-13-12(15)5-9-18-13/h5,9,16H,4,6-8,10-11H2,1-3H3. The van der Waals surface area contributed by atoms with Gasteiger partial charge >= 0.3 is 0 Å². The maximum atomic E-state index is 5.07. The van der Waals surface area contributed by atoms with Crippen molar-refractivity contribution in [3.8, 4) is 0 Å². The van der Waals surface area contributed by atoms with E-state index in [9.17, 15) is 0 Å². The van der Waals surface area contributed by atoms with Crippen molar-refractivity contribution in [2.75, 3.05) is 26.8 Å². The number of methoxy groups -OCH3 is 1. The van der Waals surface area contributed by atoms with Crippen LogP contribution in [0, 0.1) is 5.41 Å². The van der Waals surface area contributed by atoms with E-state index in [1.165, 1.54) is 22.2 Å². The van der Waals surface area contributed by atoms with E-state index in [2.05, 4.69) is 46.5 Å². The minimum absolute atomic E-state index is 0.329. The van der Waals surface area contributed by atoms with Gasteiger partial charge in [-0.1, -0.05) is 20.3 Å². The molecule has 4 heteroatoms. The highest BCUT2D eigenvalue weighted by Gasteiger charge is 2.24. The molecule has 1 aromatic heterocycles. The van der Waals surface area contributed by atoms with Gasteiger partial charge < -0.3 is 10.1 Å². The highest BCUT2D eigenvalue weighted by atomic mass is 79.9. The fourth-order valence-electron chi connectivity index (χ4n) is 2.25. The van der Waals surface area contributed by atoms with Crippen LogP contribution in [0.25, 0.3) is 0 Å². The van der Waals surface area contributed by atoms with Crippen LogP contribution in [-0.4, -0.2) is 26.8 Å². The second-order valence-electron chi connectivity index (χ2n) is 5.10. The minimum Gasteiger partial charge on any atom is -0.383 e. The Bertz CT molecular complexity index is 342. The second-order valence-corrected chi connectivity index (χ2v) is 6.95. The van der Waals surface area contributed by atoms with E-state index in [1.807, 2.05) is 11.3 Å². The van der Waals surface area contributed by atoms with Gasteiger partial charge in [0.1, 0.15) is 0 Å². The van der Waals surface area contributed by atoms with E-state index < -0.39 is 0 Å². The first-order valence-electron chi connectivity index (χ1n) is 6.53. The molecular formula is C14H24BrNOS. The largest absolute Gasteiger partial charge is 0.383 e. The van der Waals surface area contributed by atoms with Gasteiger partial charge in [-0.2, -0.15) is 0 Å². The zero-order chi connectivity index (χ0) is 13.4. The summed E-state index contributed by atoms with van der Waals surface area (Å²) in [4.78, 5) is 1.46. The van der Waals surface area contributed by atoms with Gasteiger partial charge in [0.15, 0.2) is 0 Å². The summed E-state index contributed by atoms with van der Waals surface area (Å²) in [6.45, 7) is 7.40. The van der Waals surface area contributed by atoms with Crippen LogP contribution in [0.4, 0.5) is 0 Å². The fraction of sp³-hybridized carbons (Fsp3) is 0.714. The van der Waals surface area contributed by atoms with Gasteiger partial charge in [-0.25, -0.2) is 0 Å². The summed E-state index contributed by atoms with van der Waals surface area (Å²) in [5.74, 6) is 0. The van der Waals surface area contributed by atoms with Crippen LogP contribution in [0.15, 0.2) is 15.9 Å². The predicted molar refractivity (Wildman–Crippen MR) is 83.5 cm³/mol. The molecule has 0 saturated carbocycles. The maximum Gasteiger partial charge on any atom is 0.0587 e. The van der Waals surface area contributed by atoms with E-state index in [1.54, 1.807) is 7.11 Å². The van der Waals surface area contributed by atoms with Crippen molar-refractivity contribution in [2.45, 2.75) is 33.1 Å². The molecular weight excluding hydrogens is 310 g/mol. The van der Waals surface area contributed by atoms with Gasteiger partial charge in [0, 0.05) is 29.5 Å². The van der Waals surface area contributed by atoms with Gasteiger partial charge in [0.05, 0.1) is 6.61 Å². The monoisotopic (exact) mass is 333 g/mol. The molecule has 2 nitrogen and oxygen atoms in total. The number of rotatable bonds is 9. The summed E-state index contributed by atoms with van der Waals surface area (Å²) in [5, 5.41) is 5.66. The van der Waals surface area contributed by atoms with Gasteiger partial charge in [-0.3, -0.25) is 0 Å². The Morgan fingerprint density at radius 2 is 2.28 bits per heavy atom. The lowest BCUT2D eigenvalue weighted by Gasteiger charge is -2.29. The van der Waals surface area contributed by atoms with Crippen LogP contribution in [0.5, 0.6) is 0 Å². The second kappa shape index (κ2) is 8.31. The molecule has 0 aromatic carbocycles. The Kier molecular flexibility index (Phi) is 7.46. The van der Waals surface area contributed by atoms with E-state index in [-0.39, 0.29) is 0 Å². The molecule has 0 radical (unpaired) electrons. The molecule has 0 aliphatic rings. The molecule has 18 heavy (non-hydrogen) atoms. The van der Waals surface area contributed by atoms with Crippen molar-refractivity contribution in [3.05, 3.63) is 20.8 Å². The van der Waals surface area contributed by atoms with Crippen molar-refractivity contribution >= 4 is 27.3 Å². The summed E-state index contributed by atoms with van der Waals surface area (Å²) >= 11 is 5.48. The smallest absolute Gasteiger partial charge is 0.0587 e. The first-order chi connectivity index (χ1) is 8.61. The molecule has 0 amide bonds. The number of hydrogen-bond acceptors (Lipinski definition) is 3. The number of ether oxygens (including phenoxy) is 1. The zero-order valence-electron chi connectivity index (χ0n) is 11.6. The molecule has 0 spiro atoms. The first kappa shape index (κ1) is 16.2. The highest BCUT2D eigenvalue weighted by Crippen LogP contribution is 2.33. The molecule has 1 atom stereocenters. The van der Waals surface area contributed by atoms with Crippen molar-refractivity contribution in [1.29, 1.82) is 0 Å². The molecule has 0 aliphatic heterocycles. The topological polar surface area (TPSA) is 21.3 Å². The van der Waals surface area contributed by atoms with Crippen molar-refractivity contribution in [2.24, 2.45) is 5.41 Å². The van der Waals surface area contributed by atoms with E-state index in [0.717, 1.165) is 26.1 Å². The lowest BCUT2D eigenvalue weighted by molar-refractivity contribution is 0.190. The summed E-state index contributed by atoms with van der Waals surface area (Å²) < 4.78 is 6.33. The molecule has 0 bridgehead atoms. The van der Waals surface area contributed by atoms with Crippen molar-refractivity contribution in [3.63, 3.8) is 0 Å². The highest BCUT2D eigenvalue weighted by molar-refractivity contribution is 9.10. The Hall–Kier alpha value is 0.100. The van der Waals surface area contributed by atoms with Crippen LogP contribution in [-0.2, 0) is 11.2 Å². The molecule has 0 aliphatic carbocycles. The number of thiophene rings is 1. The van der Waals surface area contributed by atoms with Crippen LogP contribution in [0.3, 0.4) is 0 Å². The molecule has 1 N–H and O–H groups in total. The van der Waals surface area contributed by atoms with Gasteiger partial charge in [0.2, 0.25) is 0 Å². The Morgan fingerprint density at radius 1 is 1.50 bits per heavy atom. The zero-order valence-corrected chi connectivity index (χ0v) is 14.0. The van der Waals surface area contributed by atoms with Gasteiger partial charge in [0.25, 0.3) is 0 Å². The molecule has 1 aromatic rings. The molecule has 104 valence electrons. The van der Waals surface area contributed by atoms with E-state index >= 15 is 0 Å².